The first-order valence-corrected chi connectivity index (χ1v) is 9.22. The number of nitrogens with zero attached hydrogens (tertiary/aromatic N) is 1. The first-order chi connectivity index (χ1) is 13.1. The van der Waals surface area contributed by atoms with Crippen LogP contribution >= 0.6 is 11.8 Å². The lowest BCUT2D eigenvalue weighted by molar-refractivity contribution is -0.138. The molecule has 0 amide bonds. The molecule has 146 valence electrons. The lowest BCUT2D eigenvalue weighted by atomic mass is 10.0. The van der Waals surface area contributed by atoms with Gasteiger partial charge in [0, 0.05) is 16.0 Å². The fourth-order valence-electron chi connectivity index (χ4n) is 2.69. The van der Waals surface area contributed by atoms with E-state index in [1.165, 1.54) is 48.2 Å². The van der Waals surface area contributed by atoms with Gasteiger partial charge in [0.25, 0.3) is 0 Å². The van der Waals surface area contributed by atoms with Crippen LogP contribution in [0.2, 0.25) is 0 Å². The summed E-state index contributed by atoms with van der Waals surface area (Å²) in [6, 6.07) is 12.6. The SMILES string of the molecule is CSc1cc(-c2ccc(C(F)(F)F)cc2)nc(-c2ccccc2C(F)(F)F)c1. The lowest BCUT2D eigenvalue weighted by Crippen LogP contribution is -2.07. The summed E-state index contributed by atoms with van der Waals surface area (Å²) in [5.74, 6) is 0. The van der Waals surface area contributed by atoms with Gasteiger partial charge in [-0.25, -0.2) is 4.98 Å². The third-order valence-electron chi connectivity index (χ3n) is 4.05. The molecular weight excluding hydrogens is 400 g/mol. The van der Waals surface area contributed by atoms with Crippen LogP contribution in [0.1, 0.15) is 11.1 Å². The van der Waals surface area contributed by atoms with Crippen molar-refractivity contribution in [2.45, 2.75) is 17.2 Å². The Morgan fingerprint density at radius 3 is 1.93 bits per heavy atom. The Hall–Kier alpha value is -2.48. The third kappa shape index (κ3) is 4.32. The number of hydrogen-bond donors (Lipinski definition) is 0. The molecule has 3 rings (SSSR count). The summed E-state index contributed by atoms with van der Waals surface area (Å²) in [7, 11) is 0. The molecule has 0 aliphatic heterocycles. The number of benzene rings is 2. The van der Waals surface area contributed by atoms with Crippen LogP contribution in [0.5, 0.6) is 0 Å². The van der Waals surface area contributed by atoms with Crippen LogP contribution in [0.3, 0.4) is 0 Å². The van der Waals surface area contributed by atoms with E-state index >= 15 is 0 Å². The molecule has 0 N–H and O–H groups in total. The molecule has 0 aliphatic rings. The highest BCUT2D eigenvalue weighted by molar-refractivity contribution is 7.98. The Morgan fingerprint density at radius 1 is 0.750 bits per heavy atom. The van der Waals surface area contributed by atoms with Gasteiger partial charge in [-0.1, -0.05) is 30.3 Å². The van der Waals surface area contributed by atoms with E-state index in [9.17, 15) is 26.3 Å². The second-order valence-electron chi connectivity index (χ2n) is 5.90. The predicted molar refractivity (Wildman–Crippen MR) is 96.9 cm³/mol. The van der Waals surface area contributed by atoms with Crippen LogP contribution in [0, 0.1) is 0 Å². The number of rotatable bonds is 3. The molecule has 0 saturated carbocycles. The Morgan fingerprint density at radius 2 is 1.36 bits per heavy atom. The Balaban J connectivity index is 2.12. The molecule has 1 heterocycles. The predicted octanol–water partition coefficient (Wildman–Crippen LogP) is 7.18. The van der Waals surface area contributed by atoms with Gasteiger partial charge in [-0.05, 0) is 36.6 Å². The van der Waals surface area contributed by atoms with E-state index in [0.29, 0.717) is 16.2 Å². The van der Waals surface area contributed by atoms with Crippen LogP contribution in [0.4, 0.5) is 26.3 Å². The van der Waals surface area contributed by atoms with Crippen molar-refractivity contribution in [2.75, 3.05) is 6.26 Å². The molecule has 0 radical (unpaired) electrons. The Bertz CT molecular complexity index is 977. The molecule has 1 nitrogen and oxygen atoms in total. The fraction of sp³-hybridized carbons (Fsp3) is 0.150. The molecule has 2 aromatic carbocycles. The summed E-state index contributed by atoms with van der Waals surface area (Å²) in [4.78, 5) is 4.94. The summed E-state index contributed by atoms with van der Waals surface area (Å²) in [5, 5.41) is 0. The molecule has 0 spiro atoms. The van der Waals surface area contributed by atoms with Crippen LogP contribution in [-0.4, -0.2) is 11.2 Å². The summed E-state index contributed by atoms with van der Waals surface area (Å²) in [6.45, 7) is 0. The van der Waals surface area contributed by atoms with Crippen molar-refractivity contribution in [3.8, 4) is 22.5 Å². The molecule has 0 fully saturated rings. The number of pyridine rings is 1. The van der Waals surface area contributed by atoms with Crippen LogP contribution in [0.15, 0.2) is 65.6 Å². The molecule has 0 unspecified atom stereocenters. The van der Waals surface area contributed by atoms with E-state index in [1.54, 1.807) is 12.3 Å². The first kappa shape index (κ1) is 20.3. The molecule has 8 heteroatoms. The zero-order valence-electron chi connectivity index (χ0n) is 14.4. The second-order valence-corrected chi connectivity index (χ2v) is 6.78. The molecule has 3 aromatic rings. The largest absolute Gasteiger partial charge is 0.417 e. The third-order valence-corrected chi connectivity index (χ3v) is 4.76. The minimum absolute atomic E-state index is 0.0842. The minimum atomic E-state index is -4.55. The molecular formula is C20H13F6NS. The van der Waals surface area contributed by atoms with E-state index in [4.69, 9.17) is 0 Å². The average Bonchev–Trinajstić information content (AvgIpc) is 2.66. The van der Waals surface area contributed by atoms with Crippen molar-refractivity contribution >= 4 is 11.8 Å². The van der Waals surface area contributed by atoms with Gasteiger partial charge < -0.3 is 0 Å². The van der Waals surface area contributed by atoms with Gasteiger partial charge in [0.15, 0.2) is 0 Å². The smallest absolute Gasteiger partial charge is 0.248 e. The molecule has 0 bridgehead atoms. The Kier molecular flexibility index (Phi) is 5.43. The standard InChI is InChI=1S/C20H13F6NS/c1-28-14-10-17(12-6-8-13(9-7-12)19(21,22)23)27-18(11-14)15-4-2-3-5-16(15)20(24,25)26/h2-11H,1H3. The van der Waals surface area contributed by atoms with Crippen molar-refractivity contribution in [3.05, 3.63) is 71.8 Å². The lowest BCUT2D eigenvalue weighted by Gasteiger charge is -2.14. The maximum Gasteiger partial charge on any atom is 0.417 e. The zero-order chi connectivity index (χ0) is 20.5. The number of hydrogen-bond acceptors (Lipinski definition) is 2. The quantitative estimate of drug-likeness (QED) is 0.333. The average molecular weight is 413 g/mol. The van der Waals surface area contributed by atoms with Gasteiger partial charge in [-0.3, -0.25) is 0 Å². The summed E-state index contributed by atoms with van der Waals surface area (Å²) >= 11 is 1.31. The fourth-order valence-corrected chi connectivity index (χ4v) is 3.15. The molecule has 0 saturated heterocycles. The van der Waals surface area contributed by atoms with Crippen LogP contribution < -0.4 is 0 Å². The maximum atomic E-state index is 13.4. The molecule has 28 heavy (non-hydrogen) atoms. The number of halogens is 6. The van der Waals surface area contributed by atoms with E-state index in [0.717, 1.165) is 18.2 Å². The van der Waals surface area contributed by atoms with Crippen molar-refractivity contribution < 1.29 is 26.3 Å². The van der Waals surface area contributed by atoms with Crippen molar-refractivity contribution in [2.24, 2.45) is 0 Å². The summed E-state index contributed by atoms with van der Waals surface area (Å²) in [5.41, 5.74) is -0.921. The summed E-state index contributed by atoms with van der Waals surface area (Å²) < 4.78 is 78.3. The van der Waals surface area contributed by atoms with Gasteiger partial charge in [0.2, 0.25) is 0 Å². The van der Waals surface area contributed by atoms with Gasteiger partial charge in [0.05, 0.1) is 22.5 Å². The van der Waals surface area contributed by atoms with Gasteiger partial charge in [-0.15, -0.1) is 11.8 Å². The molecule has 1 aromatic heterocycles. The number of aromatic nitrogens is 1. The zero-order valence-corrected chi connectivity index (χ0v) is 15.2. The maximum absolute atomic E-state index is 13.4. The highest BCUT2D eigenvalue weighted by atomic mass is 32.2. The van der Waals surface area contributed by atoms with E-state index < -0.39 is 23.5 Å². The monoisotopic (exact) mass is 413 g/mol. The second kappa shape index (κ2) is 7.50. The Labute approximate surface area is 161 Å². The van der Waals surface area contributed by atoms with Crippen LogP contribution in [-0.2, 0) is 12.4 Å². The minimum Gasteiger partial charge on any atom is -0.248 e. The summed E-state index contributed by atoms with van der Waals surface area (Å²) in [6.07, 6.45) is -7.27. The van der Waals surface area contributed by atoms with Gasteiger partial charge >= 0.3 is 12.4 Å². The van der Waals surface area contributed by atoms with Crippen molar-refractivity contribution in [1.82, 2.24) is 4.98 Å². The number of thioether (sulfide) groups is 1. The van der Waals surface area contributed by atoms with Crippen molar-refractivity contribution in [1.29, 1.82) is 0 Å². The van der Waals surface area contributed by atoms with Crippen LogP contribution in [0.25, 0.3) is 22.5 Å². The highest BCUT2D eigenvalue weighted by Gasteiger charge is 2.34. The number of alkyl halides is 6. The first-order valence-electron chi connectivity index (χ1n) is 8.00. The van der Waals surface area contributed by atoms with Crippen molar-refractivity contribution in [3.63, 3.8) is 0 Å². The van der Waals surface area contributed by atoms with E-state index in [-0.39, 0.29) is 11.3 Å². The topological polar surface area (TPSA) is 12.9 Å². The van der Waals surface area contributed by atoms with Gasteiger partial charge in [-0.2, -0.15) is 26.3 Å². The molecule has 0 atom stereocenters. The molecule has 0 aliphatic carbocycles. The van der Waals surface area contributed by atoms with E-state index in [1.807, 2.05) is 0 Å². The van der Waals surface area contributed by atoms with Gasteiger partial charge in [0.1, 0.15) is 0 Å². The van der Waals surface area contributed by atoms with E-state index in [2.05, 4.69) is 4.98 Å². The highest BCUT2D eigenvalue weighted by Crippen LogP contribution is 2.38. The normalized spacial score (nSPS) is 12.2.